The number of ether oxygens (including phenoxy) is 1. The molecule has 3 rings (SSSR count). The molecule has 6 heteroatoms. The molecule has 2 aromatic heterocycles. The minimum absolute atomic E-state index is 0.246. The maximum absolute atomic E-state index is 12.4. The highest BCUT2D eigenvalue weighted by Crippen LogP contribution is 2.09. The van der Waals surface area contributed by atoms with E-state index in [-0.39, 0.29) is 5.91 Å². The van der Waals surface area contributed by atoms with Crippen LogP contribution >= 0.6 is 0 Å². The Kier molecular flexibility index (Phi) is 5.07. The van der Waals surface area contributed by atoms with Crippen LogP contribution in [0.15, 0.2) is 42.9 Å². The number of hydrogen-bond donors (Lipinski definition) is 1. The quantitative estimate of drug-likeness (QED) is 0.741. The van der Waals surface area contributed by atoms with Crippen LogP contribution < -0.4 is 5.32 Å². The van der Waals surface area contributed by atoms with Gasteiger partial charge in [0.25, 0.3) is 5.91 Å². The topological polar surface area (TPSA) is 68.5 Å². The van der Waals surface area contributed by atoms with Gasteiger partial charge in [0.05, 0.1) is 0 Å². The average molecular weight is 334 g/mol. The number of carbonyl (C=O) groups is 1. The van der Waals surface area contributed by atoms with E-state index < -0.39 is 0 Å². The molecule has 1 N–H and O–H groups in total. The number of fused-ring (bicyclic) bond motifs is 1. The van der Waals surface area contributed by atoms with Crippen molar-refractivity contribution in [3.63, 3.8) is 0 Å². The lowest BCUT2D eigenvalue weighted by Gasteiger charge is -2.04. The smallest absolute Gasteiger partial charge is 0.274 e. The highest BCUT2D eigenvalue weighted by Gasteiger charge is 2.14. The number of nitrogens with one attached hydrogen (secondary N) is 1. The monoisotopic (exact) mass is 334 g/mol. The minimum Gasteiger partial charge on any atom is -0.372 e. The summed E-state index contributed by atoms with van der Waals surface area (Å²) in [6, 6.07) is 9.57. The summed E-state index contributed by atoms with van der Waals surface area (Å²) in [6.07, 6.45) is 3.28. The molecule has 0 fully saturated rings. The summed E-state index contributed by atoms with van der Waals surface area (Å²) < 4.78 is 6.69. The Morgan fingerprint density at radius 3 is 2.80 bits per heavy atom. The summed E-state index contributed by atoms with van der Waals surface area (Å²) in [7, 11) is 1.61. The number of benzene rings is 1. The van der Waals surface area contributed by atoms with E-state index in [4.69, 9.17) is 4.74 Å². The maximum Gasteiger partial charge on any atom is 0.274 e. The molecule has 0 saturated heterocycles. The third-order valence-corrected chi connectivity index (χ3v) is 3.71. The number of imidazole rings is 1. The molecule has 25 heavy (non-hydrogen) atoms. The van der Waals surface area contributed by atoms with Crippen LogP contribution in [0.1, 0.15) is 27.3 Å². The van der Waals surface area contributed by atoms with Crippen LogP contribution in [0, 0.1) is 18.8 Å². The zero-order chi connectivity index (χ0) is 17.6. The first-order valence-corrected chi connectivity index (χ1v) is 7.82. The molecular formula is C19H18N4O2. The van der Waals surface area contributed by atoms with Gasteiger partial charge in [0.2, 0.25) is 0 Å². The summed E-state index contributed by atoms with van der Waals surface area (Å²) in [5.74, 6) is 5.66. The number of amides is 1. The molecule has 3 aromatic rings. The third-order valence-electron chi connectivity index (χ3n) is 3.71. The number of aromatic nitrogens is 3. The summed E-state index contributed by atoms with van der Waals surface area (Å²) in [6.45, 7) is 2.76. The van der Waals surface area contributed by atoms with Gasteiger partial charge >= 0.3 is 0 Å². The third kappa shape index (κ3) is 3.84. The minimum atomic E-state index is -0.246. The molecule has 0 radical (unpaired) electrons. The van der Waals surface area contributed by atoms with Crippen LogP contribution in [0.5, 0.6) is 0 Å². The molecule has 126 valence electrons. The number of nitrogens with zero attached hydrogens (tertiary/aromatic N) is 3. The summed E-state index contributed by atoms with van der Waals surface area (Å²) in [4.78, 5) is 20.8. The zero-order valence-corrected chi connectivity index (χ0v) is 14.1. The molecule has 6 nitrogen and oxygen atoms in total. The van der Waals surface area contributed by atoms with E-state index in [1.165, 1.54) is 0 Å². The van der Waals surface area contributed by atoms with Crippen molar-refractivity contribution in [1.82, 2.24) is 19.7 Å². The van der Waals surface area contributed by atoms with Crippen molar-refractivity contribution < 1.29 is 9.53 Å². The summed E-state index contributed by atoms with van der Waals surface area (Å²) in [5, 5.41) is 2.87. The first kappa shape index (κ1) is 16.7. The Morgan fingerprint density at radius 1 is 1.24 bits per heavy atom. The van der Waals surface area contributed by atoms with Crippen LogP contribution in [0.3, 0.4) is 0 Å². The molecule has 0 spiro atoms. The van der Waals surface area contributed by atoms with E-state index >= 15 is 0 Å². The molecule has 0 aliphatic rings. The standard InChI is InChI=1S/C19H18N4O2/c1-14-9-10-20-18-17(22-13-23(14)18)19(24)21-12-16-7-5-15(6-8-16)4-3-11-25-2/h5-10,13H,11-12H2,1-2H3,(H,21,24). The average Bonchev–Trinajstić information content (AvgIpc) is 3.07. The van der Waals surface area contributed by atoms with Crippen molar-refractivity contribution in [2.24, 2.45) is 0 Å². The Hall–Kier alpha value is -3.17. The van der Waals surface area contributed by atoms with Gasteiger partial charge in [-0.15, -0.1) is 0 Å². The first-order valence-electron chi connectivity index (χ1n) is 7.82. The predicted molar refractivity (Wildman–Crippen MR) is 94.1 cm³/mol. The van der Waals surface area contributed by atoms with Gasteiger partial charge in [-0.1, -0.05) is 24.0 Å². The van der Waals surface area contributed by atoms with Gasteiger partial charge < -0.3 is 10.1 Å². The molecule has 0 atom stereocenters. The molecule has 2 heterocycles. The van der Waals surface area contributed by atoms with Crippen molar-refractivity contribution in [1.29, 1.82) is 0 Å². The molecule has 0 aliphatic carbocycles. The molecule has 1 amide bonds. The number of aryl methyl sites for hydroxylation is 1. The molecule has 0 aliphatic heterocycles. The number of methoxy groups -OCH3 is 1. The highest BCUT2D eigenvalue weighted by atomic mass is 16.5. The Balaban J connectivity index is 1.66. The summed E-state index contributed by atoms with van der Waals surface area (Å²) in [5.41, 5.74) is 3.75. The fraction of sp³-hybridized carbons (Fsp3) is 0.211. The van der Waals surface area contributed by atoms with Gasteiger partial charge in [-0.05, 0) is 30.7 Å². The SMILES string of the molecule is COCC#Cc1ccc(CNC(=O)c2ncn3c(C)ccnc23)cc1. The van der Waals surface area contributed by atoms with Gasteiger partial charge in [0.15, 0.2) is 11.3 Å². The maximum atomic E-state index is 12.4. The fourth-order valence-electron chi connectivity index (χ4n) is 2.36. The van der Waals surface area contributed by atoms with Crippen LogP contribution in [0.2, 0.25) is 0 Å². The van der Waals surface area contributed by atoms with Crippen LogP contribution in [0.25, 0.3) is 5.65 Å². The second-order valence-corrected chi connectivity index (χ2v) is 5.49. The highest BCUT2D eigenvalue weighted by molar-refractivity contribution is 5.97. The lowest BCUT2D eigenvalue weighted by atomic mass is 10.1. The van der Waals surface area contributed by atoms with Crippen LogP contribution in [-0.2, 0) is 11.3 Å². The van der Waals surface area contributed by atoms with Gasteiger partial charge in [0, 0.05) is 31.1 Å². The Labute approximate surface area is 145 Å². The van der Waals surface area contributed by atoms with E-state index in [0.29, 0.717) is 24.5 Å². The normalized spacial score (nSPS) is 10.3. The molecule has 0 unspecified atom stereocenters. The number of carbonyl (C=O) groups excluding carboxylic acids is 1. The van der Waals surface area contributed by atoms with Gasteiger partial charge in [0.1, 0.15) is 12.9 Å². The largest absolute Gasteiger partial charge is 0.372 e. The van der Waals surface area contributed by atoms with E-state index in [1.807, 2.05) is 37.3 Å². The fourth-order valence-corrected chi connectivity index (χ4v) is 2.36. The van der Waals surface area contributed by atoms with Crippen molar-refractivity contribution in [3.8, 4) is 11.8 Å². The van der Waals surface area contributed by atoms with Crippen molar-refractivity contribution in [3.05, 3.63) is 65.4 Å². The van der Waals surface area contributed by atoms with E-state index in [2.05, 4.69) is 27.1 Å². The van der Waals surface area contributed by atoms with Gasteiger partial charge in [-0.3, -0.25) is 9.20 Å². The van der Waals surface area contributed by atoms with Crippen LogP contribution in [-0.4, -0.2) is 34.0 Å². The predicted octanol–water partition coefficient (Wildman–Crippen LogP) is 1.97. The molecule has 1 aromatic carbocycles. The number of hydrogen-bond acceptors (Lipinski definition) is 4. The number of rotatable bonds is 4. The molecule has 0 bridgehead atoms. The second kappa shape index (κ2) is 7.60. The van der Waals surface area contributed by atoms with Gasteiger partial charge in [-0.25, -0.2) is 9.97 Å². The van der Waals surface area contributed by atoms with Crippen molar-refractivity contribution in [2.45, 2.75) is 13.5 Å². The molecule has 0 saturated carbocycles. The summed E-state index contributed by atoms with van der Waals surface area (Å²) >= 11 is 0. The molecular weight excluding hydrogens is 316 g/mol. The zero-order valence-electron chi connectivity index (χ0n) is 14.1. The van der Waals surface area contributed by atoms with Crippen molar-refractivity contribution >= 4 is 11.6 Å². The van der Waals surface area contributed by atoms with E-state index in [9.17, 15) is 4.79 Å². The Morgan fingerprint density at radius 2 is 2.04 bits per heavy atom. The second-order valence-electron chi connectivity index (χ2n) is 5.49. The van der Waals surface area contributed by atoms with E-state index in [0.717, 1.165) is 16.8 Å². The van der Waals surface area contributed by atoms with Gasteiger partial charge in [-0.2, -0.15) is 0 Å². The lowest BCUT2D eigenvalue weighted by Crippen LogP contribution is -2.23. The van der Waals surface area contributed by atoms with E-state index in [1.54, 1.807) is 24.0 Å². The first-order chi connectivity index (χ1) is 12.2. The van der Waals surface area contributed by atoms with Crippen molar-refractivity contribution in [2.75, 3.05) is 13.7 Å². The van der Waals surface area contributed by atoms with Crippen LogP contribution in [0.4, 0.5) is 0 Å². The lowest BCUT2D eigenvalue weighted by molar-refractivity contribution is 0.0948. The Bertz CT molecular complexity index is 949.